The zero-order chi connectivity index (χ0) is 17.8. The lowest BCUT2D eigenvalue weighted by molar-refractivity contribution is -0.119. The molecule has 25 heavy (non-hydrogen) atoms. The first kappa shape index (κ1) is 17.1. The molecule has 0 spiro atoms. The molecule has 0 bridgehead atoms. The highest BCUT2D eigenvalue weighted by atomic mass is 35.5. The number of nitrogens with zero attached hydrogens (tertiary/aromatic N) is 3. The van der Waals surface area contributed by atoms with Crippen molar-refractivity contribution in [1.82, 2.24) is 14.8 Å². The fourth-order valence-corrected chi connectivity index (χ4v) is 3.01. The van der Waals surface area contributed by atoms with E-state index in [0.717, 1.165) is 4.88 Å². The Labute approximate surface area is 152 Å². The molecule has 7 nitrogen and oxygen atoms in total. The Hall–Kier alpha value is -2.71. The molecule has 0 unspecified atom stereocenters. The van der Waals surface area contributed by atoms with E-state index in [2.05, 4.69) is 15.4 Å². The number of aromatic nitrogens is 3. The number of hydrogen-bond donors (Lipinski definition) is 1. The van der Waals surface area contributed by atoms with Crippen LogP contribution >= 0.6 is 22.9 Å². The van der Waals surface area contributed by atoms with Crippen molar-refractivity contribution in [2.45, 2.75) is 6.92 Å². The number of benzene rings is 1. The monoisotopic (exact) mass is 376 g/mol. The van der Waals surface area contributed by atoms with Gasteiger partial charge in [0, 0.05) is 9.90 Å². The minimum absolute atomic E-state index is 0.404. The number of ether oxygens (including phenoxy) is 1. The van der Waals surface area contributed by atoms with Crippen LogP contribution in [0.4, 0.5) is 5.69 Å². The van der Waals surface area contributed by atoms with Crippen molar-refractivity contribution in [2.75, 3.05) is 11.9 Å². The zero-order valence-electron chi connectivity index (χ0n) is 13.1. The van der Waals surface area contributed by atoms with Gasteiger partial charge in [-0.15, -0.1) is 11.3 Å². The summed E-state index contributed by atoms with van der Waals surface area (Å²) in [6, 6.07) is 8.44. The van der Waals surface area contributed by atoms with Crippen molar-refractivity contribution in [3.05, 3.63) is 57.8 Å². The number of esters is 1. The van der Waals surface area contributed by atoms with E-state index >= 15 is 0 Å². The highest BCUT2D eigenvalue weighted by Gasteiger charge is 2.14. The number of nitrogens with one attached hydrogen (secondary N) is 1. The van der Waals surface area contributed by atoms with Crippen molar-refractivity contribution in [1.29, 1.82) is 0 Å². The summed E-state index contributed by atoms with van der Waals surface area (Å²) in [5.74, 6) is -1.01. The van der Waals surface area contributed by atoms with Gasteiger partial charge >= 0.3 is 5.97 Å². The topological polar surface area (TPSA) is 86.1 Å². The minimum Gasteiger partial charge on any atom is -0.451 e. The molecular weight excluding hydrogens is 364 g/mol. The van der Waals surface area contributed by atoms with Crippen molar-refractivity contribution in [2.24, 2.45) is 0 Å². The number of rotatable bonds is 5. The lowest BCUT2D eigenvalue weighted by Gasteiger charge is -2.11. The molecule has 1 N–H and O–H groups in total. The number of thiophene rings is 1. The number of amides is 1. The largest absolute Gasteiger partial charge is 0.451 e. The van der Waals surface area contributed by atoms with Crippen LogP contribution in [0, 0.1) is 6.92 Å². The van der Waals surface area contributed by atoms with Gasteiger partial charge in [-0.3, -0.25) is 4.79 Å². The van der Waals surface area contributed by atoms with Crippen LogP contribution in [0.15, 0.2) is 43.0 Å². The van der Waals surface area contributed by atoms with Crippen molar-refractivity contribution in [3.63, 3.8) is 0 Å². The number of carbonyl (C=O) groups is 2. The molecule has 1 aromatic carbocycles. The zero-order valence-corrected chi connectivity index (χ0v) is 14.7. The maximum Gasteiger partial charge on any atom is 0.348 e. The maximum absolute atomic E-state index is 12.1. The molecule has 0 saturated carbocycles. The third kappa shape index (κ3) is 4.23. The smallest absolute Gasteiger partial charge is 0.348 e. The van der Waals surface area contributed by atoms with Crippen LogP contribution in [-0.2, 0) is 9.53 Å². The van der Waals surface area contributed by atoms with Gasteiger partial charge in [-0.05, 0) is 37.3 Å². The normalized spacial score (nSPS) is 10.5. The molecule has 0 aliphatic carbocycles. The summed E-state index contributed by atoms with van der Waals surface area (Å²) in [5, 5.41) is 7.14. The van der Waals surface area contributed by atoms with Gasteiger partial charge in [-0.25, -0.2) is 14.5 Å². The Kier molecular flexibility index (Phi) is 5.11. The Morgan fingerprint density at radius 3 is 2.84 bits per heavy atom. The summed E-state index contributed by atoms with van der Waals surface area (Å²) in [6.45, 7) is 1.48. The summed E-state index contributed by atoms with van der Waals surface area (Å²) in [7, 11) is 0. The van der Waals surface area contributed by atoms with Crippen LogP contribution in [0.3, 0.4) is 0 Å². The van der Waals surface area contributed by atoms with E-state index < -0.39 is 18.5 Å². The first-order valence-corrected chi connectivity index (χ1v) is 8.40. The first-order valence-electron chi connectivity index (χ1n) is 7.21. The van der Waals surface area contributed by atoms with Crippen LogP contribution in [0.1, 0.15) is 14.5 Å². The molecular formula is C16H13ClN4O3S. The second kappa shape index (κ2) is 7.45. The first-order chi connectivity index (χ1) is 12.0. The molecule has 2 aromatic heterocycles. The number of aryl methyl sites for hydroxylation is 1. The molecule has 0 atom stereocenters. The van der Waals surface area contributed by atoms with Gasteiger partial charge in [0.05, 0.1) is 11.4 Å². The fourth-order valence-electron chi connectivity index (χ4n) is 2.07. The summed E-state index contributed by atoms with van der Waals surface area (Å²) in [4.78, 5) is 29.3. The number of carbonyl (C=O) groups excluding carboxylic acids is 2. The third-order valence-corrected chi connectivity index (χ3v) is 4.39. The van der Waals surface area contributed by atoms with Crippen LogP contribution in [0.2, 0.25) is 5.02 Å². The van der Waals surface area contributed by atoms with Crippen LogP contribution in [0.5, 0.6) is 0 Å². The molecule has 1 amide bonds. The Morgan fingerprint density at radius 2 is 2.16 bits per heavy atom. The van der Waals surface area contributed by atoms with Gasteiger partial charge in [0.15, 0.2) is 6.61 Å². The molecule has 128 valence electrons. The molecule has 3 aromatic rings. The van der Waals surface area contributed by atoms with Crippen molar-refractivity contribution in [3.8, 4) is 5.69 Å². The molecule has 0 aliphatic heterocycles. The quantitative estimate of drug-likeness (QED) is 0.691. The van der Waals surface area contributed by atoms with Gasteiger partial charge < -0.3 is 10.1 Å². The SMILES string of the molecule is Cc1ccc(C(=O)OCC(=O)Nc2cc(Cl)ccc2-n2cncn2)s1. The van der Waals surface area contributed by atoms with E-state index in [4.69, 9.17) is 16.3 Å². The number of hydrogen-bond acceptors (Lipinski definition) is 6. The van der Waals surface area contributed by atoms with Gasteiger partial charge in [0.2, 0.25) is 0 Å². The van der Waals surface area contributed by atoms with Crippen molar-refractivity contribution < 1.29 is 14.3 Å². The van der Waals surface area contributed by atoms with Crippen molar-refractivity contribution >= 4 is 40.5 Å². The highest BCUT2D eigenvalue weighted by Crippen LogP contribution is 2.24. The predicted octanol–water partition coefficient (Wildman–Crippen LogP) is 3.09. The molecule has 3 rings (SSSR count). The van der Waals surface area contributed by atoms with Crippen LogP contribution in [-0.4, -0.2) is 33.2 Å². The molecule has 0 fully saturated rings. The van der Waals surface area contributed by atoms with Gasteiger partial charge in [0.1, 0.15) is 17.5 Å². The third-order valence-electron chi connectivity index (χ3n) is 3.17. The molecule has 2 heterocycles. The van der Waals surface area contributed by atoms with Crippen LogP contribution < -0.4 is 5.32 Å². The second-order valence-electron chi connectivity index (χ2n) is 5.04. The molecule has 0 aliphatic rings. The standard InChI is InChI=1S/C16H13ClN4O3S/c1-10-2-5-14(25-10)16(23)24-7-15(22)20-12-6-11(17)3-4-13(12)21-9-18-8-19-21/h2-6,8-9H,7H2,1H3,(H,20,22). The fraction of sp³-hybridized carbons (Fsp3) is 0.125. The summed E-state index contributed by atoms with van der Waals surface area (Å²) < 4.78 is 6.52. The lowest BCUT2D eigenvalue weighted by Crippen LogP contribution is -2.21. The van der Waals surface area contributed by atoms with E-state index in [-0.39, 0.29) is 0 Å². The van der Waals surface area contributed by atoms with Gasteiger partial charge in [-0.2, -0.15) is 5.10 Å². The summed E-state index contributed by atoms with van der Waals surface area (Å²) in [6.07, 6.45) is 2.88. The van der Waals surface area contributed by atoms with E-state index in [1.807, 2.05) is 13.0 Å². The van der Waals surface area contributed by atoms with Crippen LogP contribution in [0.25, 0.3) is 5.69 Å². The molecule has 9 heteroatoms. The average Bonchev–Trinajstić information content (AvgIpc) is 3.24. The Bertz CT molecular complexity index is 908. The molecule has 0 radical (unpaired) electrons. The highest BCUT2D eigenvalue weighted by molar-refractivity contribution is 7.13. The maximum atomic E-state index is 12.1. The van der Waals surface area contributed by atoms with Gasteiger partial charge in [-0.1, -0.05) is 11.6 Å². The lowest BCUT2D eigenvalue weighted by atomic mass is 10.2. The van der Waals surface area contributed by atoms with E-state index in [1.165, 1.54) is 28.7 Å². The number of halogens is 1. The minimum atomic E-state index is -0.532. The van der Waals surface area contributed by atoms with E-state index in [9.17, 15) is 9.59 Å². The Balaban J connectivity index is 1.67. The Morgan fingerprint density at radius 1 is 1.32 bits per heavy atom. The predicted molar refractivity (Wildman–Crippen MR) is 94.3 cm³/mol. The number of anilines is 1. The second-order valence-corrected chi connectivity index (χ2v) is 6.76. The summed E-state index contributed by atoms with van der Waals surface area (Å²) >= 11 is 7.30. The van der Waals surface area contributed by atoms with Gasteiger partial charge in [0.25, 0.3) is 5.91 Å². The average molecular weight is 377 g/mol. The van der Waals surface area contributed by atoms with E-state index in [0.29, 0.717) is 21.3 Å². The summed E-state index contributed by atoms with van der Waals surface area (Å²) in [5.41, 5.74) is 1.03. The van der Waals surface area contributed by atoms with E-state index in [1.54, 1.807) is 24.3 Å². The molecule has 0 saturated heterocycles.